The fourth-order valence-electron chi connectivity index (χ4n) is 2.50. The number of rotatable bonds is 9. The third kappa shape index (κ3) is 6.08. The summed E-state index contributed by atoms with van der Waals surface area (Å²) in [5.74, 6) is 0.674. The molecule has 0 spiro atoms. The zero-order chi connectivity index (χ0) is 19.9. The van der Waals surface area contributed by atoms with E-state index in [-0.39, 0.29) is 23.9 Å². The number of hydrogen-bond acceptors (Lipinski definition) is 4. The number of ether oxygens (including phenoxy) is 1. The highest BCUT2D eigenvalue weighted by Gasteiger charge is 2.20. The molecule has 1 N–H and O–H groups in total. The maximum atomic E-state index is 12.5. The normalized spacial score (nSPS) is 11.4. The largest absolute Gasteiger partial charge is 0.497 e. The lowest BCUT2D eigenvalue weighted by Crippen LogP contribution is -2.36. The average molecular weight is 391 g/mol. The number of carbonyl (C=O) groups excluding carboxylic acids is 1. The molecule has 2 aromatic rings. The molecule has 0 aliphatic rings. The number of benzene rings is 2. The average Bonchev–Trinajstić information content (AvgIpc) is 2.67. The van der Waals surface area contributed by atoms with E-state index in [0.29, 0.717) is 12.8 Å². The van der Waals surface area contributed by atoms with Gasteiger partial charge in [0.05, 0.1) is 12.0 Å². The maximum absolute atomic E-state index is 12.5. The molecule has 1 amide bonds. The lowest BCUT2D eigenvalue weighted by Gasteiger charge is -2.17. The molecule has 27 heavy (non-hydrogen) atoms. The first-order valence-corrected chi connectivity index (χ1v) is 10.2. The number of nitrogens with one attached hydrogen (secondary N) is 1. The van der Waals surface area contributed by atoms with Crippen molar-refractivity contribution in [3.8, 4) is 5.75 Å². The molecular formula is C20H26N2O4S. The Hall–Kier alpha value is -2.38. The van der Waals surface area contributed by atoms with E-state index in [1.54, 1.807) is 31.4 Å². The molecule has 0 aliphatic heterocycles. The fourth-order valence-corrected chi connectivity index (χ4v) is 3.67. The van der Waals surface area contributed by atoms with E-state index in [1.165, 1.54) is 11.4 Å². The zero-order valence-corrected chi connectivity index (χ0v) is 16.8. The van der Waals surface area contributed by atoms with Crippen LogP contribution < -0.4 is 10.1 Å². The van der Waals surface area contributed by atoms with Crippen molar-refractivity contribution >= 4 is 15.9 Å². The summed E-state index contributed by atoms with van der Waals surface area (Å²) in [6.45, 7) is 2.38. The predicted molar refractivity (Wildman–Crippen MR) is 105 cm³/mol. The molecule has 0 saturated heterocycles. The summed E-state index contributed by atoms with van der Waals surface area (Å²) < 4.78 is 31.3. The molecule has 146 valence electrons. The number of likely N-dealkylation sites (N-methyl/N-ethyl adjacent to an activating group) is 1. The number of aryl methyl sites for hydroxylation is 2. The highest BCUT2D eigenvalue weighted by Crippen LogP contribution is 2.15. The first kappa shape index (κ1) is 20.9. The van der Waals surface area contributed by atoms with Crippen LogP contribution >= 0.6 is 0 Å². The van der Waals surface area contributed by atoms with Gasteiger partial charge in [-0.05, 0) is 43.2 Å². The van der Waals surface area contributed by atoms with Gasteiger partial charge in [-0.1, -0.05) is 29.8 Å². The Morgan fingerprint density at radius 3 is 2.30 bits per heavy atom. The smallest absolute Gasteiger partial charge is 0.242 e. The second kappa shape index (κ2) is 9.53. The topological polar surface area (TPSA) is 75.7 Å². The molecule has 0 fully saturated rings. The first-order chi connectivity index (χ1) is 12.8. The van der Waals surface area contributed by atoms with Crippen LogP contribution in [0, 0.1) is 6.92 Å². The molecule has 0 bridgehead atoms. The van der Waals surface area contributed by atoms with E-state index >= 15 is 0 Å². The SMILES string of the molecule is COc1ccc(CCC(=O)NCCN(C)S(=O)(=O)c2ccc(C)cc2)cc1. The summed E-state index contributed by atoms with van der Waals surface area (Å²) in [5.41, 5.74) is 2.05. The summed E-state index contributed by atoms with van der Waals surface area (Å²) in [7, 11) is -0.423. The van der Waals surface area contributed by atoms with Crippen LogP contribution in [0.3, 0.4) is 0 Å². The van der Waals surface area contributed by atoms with Gasteiger partial charge in [0, 0.05) is 26.6 Å². The van der Waals surface area contributed by atoms with Crippen molar-refractivity contribution in [2.24, 2.45) is 0 Å². The Morgan fingerprint density at radius 2 is 1.70 bits per heavy atom. The summed E-state index contributed by atoms with van der Waals surface area (Å²) in [6, 6.07) is 14.3. The second-order valence-corrected chi connectivity index (χ2v) is 8.38. The molecule has 0 saturated carbocycles. The number of hydrogen-bond donors (Lipinski definition) is 1. The van der Waals surface area contributed by atoms with Crippen molar-refractivity contribution < 1.29 is 17.9 Å². The van der Waals surface area contributed by atoms with E-state index in [9.17, 15) is 13.2 Å². The highest BCUT2D eigenvalue weighted by atomic mass is 32.2. The van der Waals surface area contributed by atoms with Gasteiger partial charge in [0.2, 0.25) is 15.9 Å². The van der Waals surface area contributed by atoms with E-state index in [0.717, 1.165) is 16.9 Å². The Morgan fingerprint density at radius 1 is 1.07 bits per heavy atom. The fraction of sp³-hybridized carbons (Fsp3) is 0.350. The Kier molecular flexibility index (Phi) is 7.38. The lowest BCUT2D eigenvalue weighted by molar-refractivity contribution is -0.121. The molecule has 6 nitrogen and oxygen atoms in total. The van der Waals surface area contributed by atoms with Crippen molar-refractivity contribution in [1.29, 1.82) is 0 Å². The molecule has 2 rings (SSSR count). The van der Waals surface area contributed by atoms with Gasteiger partial charge in [0.25, 0.3) is 0 Å². The van der Waals surface area contributed by atoms with Crippen LogP contribution in [0.2, 0.25) is 0 Å². The van der Waals surface area contributed by atoms with E-state index in [4.69, 9.17) is 4.74 Å². The van der Waals surface area contributed by atoms with Crippen LogP contribution in [0.25, 0.3) is 0 Å². The van der Waals surface area contributed by atoms with E-state index in [1.807, 2.05) is 31.2 Å². The molecule has 0 heterocycles. The lowest BCUT2D eigenvalue weighted by atomic mass is 10.1. The third-order valence-electron chi connectivity index (χ3n) is 4.28. The second-order valence-electron chi connectivity index (χ2n) is 6.34. The molecule has 0 aliphatic carbocycles. The Labute approximate surface area is 161 Å². The molecule has 0 aromatic heterocycles. The van der Waals surface area contributed by atoms with Gasteiger partial charge in [-0.15, -0.1) is 0 Å². The zero-order valence-electron chi connectivity index (χ0n) is 15.9. The third-order valence-corrected chi connectivity index (χ3v) is 6.15. The Balaban J connectivity index is 1.77. The summed E-state index contributed by atoms with van der Waals surface area (Å²) >= 11 is 0. The van der Waals surface area contributed by atoms with Crippen molar-refractivity contribution in [3.05, 3.63) is 59.7 Å². The quantitative estimate of drug-likeness (QED) is 0.713. The van der Waals surface area contributed by atoms with E-state index < -0.39 is 10.0 Å². The van der Waals surface area contributed by atoms with Gasteiger partial charge in [-0.2, -0.15) is 4.31 Å². The van der Waals surface area contributed by atoms with Crippen molar-refractivity contribution in [2.45, 2.75) is 24.7 Å². The number of methoxy groups -OCH3 is 1. The van der Waals surface area contributed by atoms with Crippen molar-refractivity contribution in [1.82, 2.24) is 9.62 Å². The monoisotopic (exact) mass is 390 g/mol. The van der Waals surface area contributed by atoms with Gasteiger partial charge in [0.1, 0.15) is 5.75 Å². The van der Waals surface area contributed by atoms with Crippen LogP contribution in [0.1, 0.15) is 17.5 Å². The minimum atomic E-state index is -3.55. The van der Waals surface area contributed by atoms with Gasteiger partial charge >= 0.3 is 0 Å². The maximum Gasteiger partial charge on any atom is 0.242 e. The van der Waals surface area contributed by atoms with Crippen LogP contribution in [0.4, 0.5) is 0 Å². The highest BCUT2D eigenvalue weighted by molar-refractivity contribution is 7.89. The van der Waals surface area contributed by atoms with Crippen LogP contribution in [-0.2, 0) is 21.2 Å². The van der Waals surface area contributed by atoms with Gasteiger partial charge < -0.3 is 10.1 Å². The summed E-state index contributed by atoms with van der Waals surface area (Å²) in [5, 5.41) is 2.77. The van der Waals surface area contributed by atoms with Crippen LogP contribution in [0.5, 0.6) is 5.75 Å². The minimum Gasteiger partial charge on any atom is -0.497 e. The van der Waals surface area contributed by atoms with Crippen LogP contribution in [0.15, 0.2) is 53.4 Å². The van der Waals surface area contributed by atoms with E-state index in [2.05, 4.69) is 5.32 Å². The van der Waals surface area contributed by atoms with Crippen LogP contribution in [-0.4, -0.2) is 45.9 Å². The van der Waals surface area contributed by atoms with Crippen molar-refractivity contribution in [3.63, 3.8) is 0 Å². The molecule has 7 heteroatoms. The number of nitrogens with zero attached hydrogens (tertiary/aromatic N) is 1. The minimum absolute atomic E-state index is 0.105. The summed E-state index contributed by atoms with van der Waals surface area (Å²) in [4.78, 5) is 12.2. The molecule has 0 radical (unpaired) electrons. The summed E-state index contributed by atoms with van der Waals surface area (Å²) in [6.07, 6.45) is 0.966. The molecule has 0 atom stereocenters. The molecular weight excluding hydrogens is 364 g/mol. The number of sulfonamides is 1. The van der Waals surface area contributed by atoms with Gasteiger partial charge in [-0.25, -0.2) is 8.42 Å². The Bertz CT molecular complexity index is 847. The predicted octanol–water partition coefficient (Wildman–Crippen LogP) is 2.37. The van der Waals surface area contributed by atoms with Gasteiger partial charge in [0.15, 0.2) is 0 Å². The van der Waals surface area contributed by atoms with Gasteiger partial charge in [-0.3, -0.25) is 4.79 Å². The first-order valence-electron chi connectivity index (χ1n) is 8.75. The number of carbonyl (C=O) groups is 1. The van der Waals surface area contributed by atoms with Crippen molar-refractivity contribution in [2.75, 3.05) is 27.2 Å². The standard InChI is InChI=1S/C20H26N2O4S/c1-16-4-11-19(12-5-16)27(24,25)22(2)15-14-21-20(23)13-8-17-6-9-18(26-3)10-7-17/h4-7,9-12H,8,13-15H2,1-3H3,(H,21,23). The number of amides is 1. The molecule has 2 aromatic carbocycles. The molecule has 0 unspecified atom stereocenters.